The van der Waals surface area contributed by atoms with Crippen LogP contribution in [0.5, 0.6) is 5.75 Å². The van der Waals surface area contributed by atoms with Crippen LogP contribution in [0.3, 0.4) is 0 Å². The summed E-state index contributed by atoms with van der Waals surface area (Å²) in [5.74, 6) is -1.66. The Balaban J connectivity index is 0.00000342. The molecule has 4 rings (SSSR count). The third kappa shape index (κ3) is 5.04. The molecule has 192 valence electrons. The van der Waals surface area contributed by atoms with E-state index in [0.717, 1.165) is 23.9 Å². The Labute approximate surface area is 212 Å². The van der Waals surface area contributed by atoms with Crippen molar-refractivity contribution < 1.29 is 23.4 Å². The summed E-state index contributed by atoms with van der Waals surface area (Å²) in [7, 11) is 1.60. The second-order valence-electron chi connectivity index (χ2n) is 9.83. The molecule has 2 aliphatic heterocycles. The molecule has 2 aromatic rings. The van der Waals surface area contributed by atoms with Gasteiger partial charge in [0.15, 0.2) is 0 Å². The number of methoxy groups -OCH3 is 1. The molecule has 0 bridgehead atoms. The molecule has 1 amide bonds. The number of likely N-dealkylation sites (tertiary alicyclic amines) is 2. The first-order valence-corrected chi connectivity index (χ1v) is 12.0. The van der Waals surface area contributed by atoms with Crippen LogP contribution in [-0.2, 0) is 10.4 Å². The van der Waals surface area contributed by atoms with E-state index in [2.05, 4.69) is 4.90 Å². The summed E-state index contributed by atoms with van der Waals surface area (Å²) in [6, 6.07) is 11.1. The molecule has 0 radical (unpaired) electrons. The summed E-state index contributed by atoms with van der Waals surface area (Å²) in [6.07, 6.45) is 0. The van der Waals surface area contributed by atoms with Crippen LogP contribution in [0.2, 0.25) is 0 Å². The van der Waals surface area contributed by atoms with E-state index in [9.17, 15) is 18.7 Å². The fourth-order valence-electron chi connectivity index (χ4n) is 5.85. The SMILES string of the molecule is CCN1C[C@@H](C(=O)N2CC(C)C(O)(c3ccc(OC)cc3)C(C)C2)[C@H](c2ccc(F)cc2F)C1.Cl. The molecule has 2 saturated heterocycles. The quantitative estimate of drug-likeness (QED) is 0.649. The van der Waals surface area contributed by atoms with E-state index in [-0.39, 0.29) is 36.1 Å². The van der Waals surface area contributed by atoms with Gasteiger partial charge in [-0.15, -0.1) is 12.4 Å². The lowest BCUT2D eigenvalue weighted by atomic mass is 9.70. The van der Waals surface area contributed by atoms with Crippen molar-refractivity contribution in [1.82, 2.24) is 9.80 Å². The maximum Gasteiger partial charge on any atom is 0.227 e. The van der Waals surface area contributed by atoms with E-state index in [1.54, 1.807) is 7.11 Å². The first kappa shape index (κ1) is 27.4. The second-order valence-corrected chi connectivity index (χ2v) is 9.83. The molecule has 0 saturated carbocycles. The zero-order valence-corrected chi connectivity index (χ0v) is 21.5. The Morgan fingerprint density at radius 1 is 1.06 bits per heavy atom. The molecule has 2 aromatic carbocycles. The summed E-state index contributed by atoms with van der Waals surface area (Å²) < 4.78 is 33.4. The number of hydrogen-bond acceptors (Lipinski definition) is 4. The molecule has 4 atom stereocenters. The van der Waals surface area contributed by atoms with Gasteiger partial charge in [0.2, 0.25) is 5.91 Å². The van der Waals surface area contributed by atoms with Crippen molar-refractivity contribution in [3.63, 3.8) is 0 Å². The first-order valence-electron chi connectivity index (χ1n) is 12.0. The topological polar surface area (TPSA) is 53.0 Å². The number of likely N-dealkylation sites (N-methyl/N-ethyl adjacent to an activating group) is 1. The maximum atomic E-state index is 14.7. The van der Waals surface area contributed by atoms with Gasteiger partial charge in [-0.2, -0.15) is 0 Å². The Morgan fingerprint density at radius 2 is 1.69 bits per heavy atom. The van der Waals surface area contributed by atoms with Crippen molar-refractivity contribution in [2.75, 3.05) is 39.8 Å². The van der Waals surface area contributed by atoms with Gasteiger partial charge in [0.1, 0.15) is 17.4 Å². The molecule has 35 heavy (non-hydrogen) atoms. The number of rotatable bonds is 5. The van der Waals surface area contributed by atoms with Crippen LogP contribution in [0.25, 0.3) is 0 Å². The van der Waals surface area contributed by atoms with E-state index in [4.69, 9.17) is 4.74 Å². The largest absolute Gasteiger partial charge is 0.497 e. The van der Waals surface area contributed by atoms with E-state index >= 15 is 0 Å². The van der Waals surface area contributed by atoms with E-state index in [0.29, 0.717) is 31.7 Å². The maximum absolute atomic E-state index is 14.7. The van der Waals surface area contributed by atoms with Gasteiger partial charge in [0.05, 0.1) is 18.6 Å². The van der Waals surface area contributed by atoms with Gasteiger partial charge in [-0.25, -0.2) is 8.78 Å². The smallest absolute Gasteiger partial charge is 0.227 e. The summed E-state index contributed by atoms with van der Waals surface area (Å²) in [4.78, 5) is 17.7. The molecule has 0 spiro atoms. The highest BCUT2D eigenvalue weighted by molar-refractivity contribution is 5.85. The predicted octanol–water partition coefficient (Wildman–Crippen LogP) is 4.43. The fourth-order valence-corrected chi connectivity index (χ4v) is 5.85. The van der Waals surface area contributed by atoms with Gasteiger partial charge in [-0.05, 0) is 35.9 Å². The Morgan fingerprint density at radius 3 is 2.23 bits per heavy atom. The zero-order valence-electron chi connectivity index (χ0n) is 20.7. The monoisotopic (exact) mass is 508 g/mol. The average Bonchev–Trinajstić information content (AvgIpc) is 3.26. The van der Waals surface area contributed by atoms with Crippen LogP contribution >= 0.6 is 12.4 Å². The summed E-state index contributed by atoms with van der Waals surface area (Å²) >= 11 is 0. The molecular weight excluding hydrogens is 474 g/mol. The molecule has 2 heterocycles. The van der Waals surface area contributed by atoms with Crippen LogP contribution in [0.15, 0.2) is 42.5 Å². The molecule has 0 aliphatic carbocycles. The fraction of sp³-hybridized carbons (Fsp3) is 0.519. The number of nitrogens with zero attached hydrogens (tertiary/aromatic N) is 2. The van der Waals surface area contributed by atoms with Crippen LogP contribution in [0, 0.1) is 29.4 Å². The van der Waals surface area contributed by atoms with Crippen molar-refractivity contribution >= 4 is 18.3 Å². The molecule has 1 N–H and O–H groups in total. The van der Waals surface area contributed by atoms with Gasteiger partial charge in [-0.1, -0.05) is 39.0 Å². The van der Waals surface area contributed by atoms with Crippen LogP contribution in [-0.4, -0.2) is 60.6 Å². The lowest BCUT2D eigenvalue weighted by Gasteiger charge is -2.48. The highest BCUT2D eigenvalue weighted by atomic mass is 35.5. The van der Waals surface area contributed by atoms with Gasteiger partial charge in [0.25, 0.3) is 0 Å². The van der Waals surface area contributed by atoms with Crippen molar-refractivity contribution in [1.29, 1.82) is 0 Å². The minimum atomic E-state index is -1.07. The minimum Gasteiger partial charge on any atom is -0.497 e. The number of halogens is 3. The van der Waals surface area contributed by atoms with E-state index < -0.39 is 23.2 Å². The van der Waals surface area contributed by atoms with Gasteiger partial charge in [-0.3, -0.25) is 4.79 Å². The second kappa shape index (κ2) is 10.8. The number of ether oxygens (including phenoxy) is 1. The third-order valence-electron chi connectivity index (χ3n) is 7.88. The zero-order chi connectivity index (χ0) is 24.6. The van der Waals surface area contributed by atoms with E-state index in [1.165, 1.54) is 12.1 Å². The van der Waals surface area contributed by atoms with Gasteiger partial charge in [0, 0.05) is 50.0 Å². The lowest BCUT2D eigenvalue weighted by Crippen LogP contribution is -2.57. The standard InChI is InChI=1S/C27H34F2N2O3.ClH/c1-5-30-15-23(22-11-8-20(28)12-25(22)29)24(16-30)26(32)31-13-17(2)27(33,18(3)14-31)19-6-9-21(34-4)10-7-19;/h6-12,17-18,23-24,33H,5,13-16H2,1-4H3;1H/t17?,18?,23-,24+,27?;/m0./s1. The van der Waals surface area contributed by atoms with Crippen LogP contribution in [0.1, 0.15) is 37.8 Å². The number of carbonyl (C=O) groups excluding carboxylic acids is 1. The van der Waals surface area contributed by atoms with Crippen molar-refractivity contribution in [3.8, 4) is 5.75 Å². The number of aliphatic hydroxyl groups is 1. The third-order valence-corrected chi connectivity index (χ3v) is 7.88. The number of amides is 1. The van der Waals surface area contributed by atoms with Crippen LogP contribution < -0.4 is 4.74 Å². The molecule has 2 aliphatic rings. The first-order chi connectivity index (χ1) is 16.2. The van der Waals surface area contributed by atoms with Crippen molar-refractivity contribution in [2.24, 2.45) is 17.8 Å². The number of benzene rings is 2. The molecule has 0 aromatic heterocycles. The highest BCUT2D eigenvalue weighted by Gasteiger charge is 2.49. The van der Waals surface area contributed by atoms with E-state index in [1.807, 2.05) is 49.9 Å². The van der Waals surface area contributed by atoms with Gasteiger partial charge < -0.3 is 19.6 Å². The summed E-state index contributed by atoms with van der Waals surface area (Å²) in [5, 5.41) is 11.7. The predicted molar refractivity (Wildman–Crippen MR) is 134 cm³/mol. The summed E-state index contributed by atoms with van der Waals surface area (Å²) in [6.45, 7) is 8.62. The molecule has 5 nitrogen and oxygen atoms in total. The Kier molecular flexibility index (Phi) is 8.45. The molecule has 2 unspecified atom stereocenters. The van der Waals surface area contributed by atoms with Crippen molar-refractivity contribution in [3.05, 3.63) is 65.2 Å². The molecule has 8 heteroatoms. The Bertz CT molecular complexity index is 1020. The van der Waals surface area contributed by atoms with Crippen molar-refractivity contribution in [2.45, 2.75) is 32.3 Å². The lowest BCUT2D eigenvalue weighted by molar-refractivity contribution is -0.152. The van der Waals surface area contributed by atoms with Gasteiger partial charge >= 0.3 is 0 Å². The minimum absolute atomic E-state index is 0. The number of hydrogen-bond donors (Lipinski definition) is 1. The summed E-state index contributed by atoms with van der Waals surface area (Å²) in [5.41, 5.74) is 0.129. The molecular formula is C27H35ClF2N2O3. The van der Waals surface area contributed by atoms with Crippen LogP contribution in [0.4, 0.5) is 8.78 Å². The average molecular weight is 509 g/mol. The number of piperidine rings is 1. The molecule has 2 fully saturated rings. The normalized spacial score (nSPS) is 29.1. The Hall–Kier alpha value is -2.22. The number of carbonyl (C=O) groups is 1. The highest BCUT2D eigenvalue weighted by Crippen LogP contribution is 2.43.